The highest BCUT2D eigenvalue weighted by molar-refractivity contribution is 9.10. The molecule has 0 amide bonds. The van der Waals surface area contributed by atoms with Crippen LogP contribution in [0.1, 0.15) is 19.5 Å². The maximum Gasteiger partial charge on any atom is 0.151 e. The van der Waals surface area contributed by atoms with E-state index in [0.717, 1.165) is 29.8 Å². The number of aromatic nitrogens is 3. The van der Waals surface area contributed by atoms with E-state index in [1.54, 1.807) is 0 Å². The van der Waals surface area contributed by atoms with Gasteiger partial charge in [-0.3, -0.25) is 4.68 Å². The lowest BCUT2D eigenvalue weighted by molar-refractivity contribution is 0.502. The quantitative estimate of drug-likeness (QED) is 0.870. The fourth-order valence-electron chi connectivity index (χ4n) is 1.36. The summed E-state index contributed by atoms with van der Waals surface area (Å²) in [6.07, 6.45) is 0.997. The van der Waals surface area contributed by atoms with Crippen LogP contribution in [0.2, 0.25) is 0 Å². The van der Waals surface area contributed by atoms with Gasteiger partial charge >= 0.3 is 0 Å². The van der Waals surface area contributed by atoms with Gasteiger partial charge in [0, 0.05) is 7.05 Å². The van der Waals surface area contributed by atoms with Gasteiger partial charge in [0.25, 0.3) is 0 Å². The van der Waals surface area contributed by atoms with Gasteiger partial charge < -0.3 is 5.32 Å². The van der Waals surface area contributed by atoms with Crippen LogP contribution in [0.25, 0.3) is 0 Å². The molecule has 0 radical (unpaired) electrons. The number of nitrogens with one attached hydrogen (secondary N) is 1. The van der Waals surface area contributed by atoms with E-state index in [0.29, 0.717) is 5.92 Å². The summed E-state index contributed by atoms with van der Waals surface area (Å²) in [5.74, 6) is 0.600. The molecule has 0 aliphatic carbocycles. The molecular weight excluding hydrogens is 244 g/mol. The average Bonchev–Trinajstić information content (AvgIpc) is 2.46. The predicted octanol–water partition coefficient (Wildman–Crippen LogP) is 1.37. The van der Waals surface area contributed by atoms with Crippen molar-refractivity contribution in [2.75, 3.05) is 13.1 Å². The van der Waals surface area contributed by atoms with Crippen molar-refractivity contribution in [1.82, 2.24) is 20.3 Å². The zero-order valence-electron chi connectivity index (χ0n) is 8.92. The van der Waals surface area contributed by atoms with Gasteiger partial charge in [-0.25, -0.2) is 0 Å². The van der Waals surface area contributed by atoms with E-state index in [2.05, 4.69) is 45.4 Å². The molecule has 0 bridgehead atoms. The molecule has 5 heteroatoms. The van der Waals surface area contributed by atoms with Crippen LogP contribution in [-0.2, 0) is 13.5 Å². The highest BCUT2D eigenvalue weighted by Gasteiger charge is 2.11. The summed E-state index contributed by atoms with van der Waals surface area (Å²) in [7, 11) is 1.92. The summed E-state index contributed by atoms with van der Waals surface area (Å²) < 4.78 is 2.69. The van der Waals surface area contributed by atoms with Gasteiger partial charge in [0.1, 0.15) is 0 Å². The molecule has 1 N–H and O–H groups in total. The van der Waals surface area contributed by atoms with Gasteiger partial charge in [0.05, 0.1) is 5.69 Å². The SMILES string of the molecule is CCNCC(C)Cc1c(Br)nnn1C. The minimum atomic E-state index is 0.600. The zero-order valence-corrected chi connectivity index (χ0v) is 10.5. The second kappa shape index (κ2) is 5.46. The summed E-state index contributed by atoms with van der Waals surface area (Å²) in [6.45, 7) is 6.40. The summed E-state index contributed by atoms with van der Waals surface area (Å²) in [5, 5.41) is 11.2. The second-order valence-corrected chi connectivity index (χ2v) is 4.32. The number of hydrogen-bond acceptors (Lipinski definition) is 3. The van der Waals surface area contributed by atoms with Crippen molar-refractivity contribution in [3.05, 3.63) is 10.3 Å². The van der Waals surface area contributed by atoms with E-state index in [4.69, 9.17) is 0 Å². The molecule has 0 spiro atoms. The lowest BCUT2D eigenvalue weighted by atomic mass is 10.1. The van der Waals surface area contributed by atoms with Crippen molar-refractivity contribution in [2.45, 2.75) is 20.3 Å². The number of halogens is 1. The van der Waals surface area contributed by atoms with Gasteiger partial charge in [0.2, 0.25) is 0 Å². The van der Waals surface area contributed by atoms with Gasteiger partial charge in [-0.2, -0.15) is 0 Å². The molecule has 1 heterocycles. The molecule has 80 valence electrons. The fourth-order valence-corrected chi connectivity index (χ4v) is 1.85. The summed E-state index contributed by atoms with van der Waals surface area (Å²) >= 11 is 3.40. The van der Waals surface area contributed by atoms with Crippen molar-refractivity contribution in [3.8, 4) is 0 Å². The molecule has 0 fully saturated rings. The number of aryl methyl sites for hydroxylation is 1. The maximum absolute atomic E-state index is 3.96. The second-order valence-electron chi connectivity index (χ2n) is 3.57. The van der Waals surface area contributed by atoms with Crippen LogP contribution in [0, 0.1) is 5.92 Å². The Morgan fingerprint density at radius 3 is 2.79 bits per heavy atom. The topological polar surface area (TPSA) is 42.7 Å². The zero-order chi connectivity index (χ0) is 10.6. The molecule has 0 aliphatic rings. The molecular formula is C9H17BrN4. The van der Waals surface area contributed by atoms with Crippen LogP contribution in [0.15, 0.2) is 4.60 Å². The lowest BCUT2D eigenvalue weighted by Crippen LogP contribution is -2.22. The van der Waals surface area contributed by atoms with Crippen LogP contribution < -0.4 is 5.32 Å². The Hall–Kier alpha value is -0.420. The van der Waals surface area contributed by atoms with E-state index in [9.17, 15) is 0 Å². The summed E-state index contributed by atoms with van der Waals surface area (Å²) in [6, 6.07) is 0. The number of rotatable bonds is 5. The monoisotopic (exact) mass is 260 g/mol. The van der Waals surface area contributed by atoms with Crippen LogP contribution in [0.4, 0.5) is 0 Å². The first kappa shape index (κ1) is 11.7. The van der Waals surface area contributed by atoms with Crippen LogP contribution in [0.5, 0.6) is 0 Å². The summed E-state index contributed by atoms with van der Waals surface area (Å²) in [4.78, 5) is 0. The molecule has 0 aromatic carbocycles. The Morgan fingerprint density at radius 2 is 2.29 bits per heavy atom. The van der Waals surface area contributed by atoms with Crippen molar-refractivity contribution in [2.24, 2.45) is 13.0 Å². The third-order valence-corrected chi connectivity index (χ3v) is 2.80. The number of hydrogen-bond donors (Lipinski definition) is 1. The molecule has 0 saturated heterocycles. The van der Waals surface area contributed by atoms with Gasteiger partial charge in [-0.15, -0.1) is 5.10 Å². The molecule has 14 heavy (non-hydrogen) atoms. The molecule has 1 rings (SSSR count). The Morgan fingerprint density at radius 1 is 1.57 bits per heavy atom. The van der Waals surface area contributed by atoms with E-state index in [-0.39, 0.29) is 0 Å². The molecule has 1 atom stereocenters. The van der Waals surface area contributed by atoms with Crippen LogP contribution in [0.3, 0.4) is 0 Å². The van der Waals surface area contributed by atoms with Crippen molar-refractivity contribution >= 4 is 15.9 Å². The van der Waals surface area contributed by atoms with E-state index in [1.807, 2.05) is 11.7 Å². The lowest BCUT2D eigenvalue weighted by Gasteiger charge is -2.11. The van der Waals surface area contributed by atoms with E-state index in [1.165, 1.54) is 0 Å². The van der Waals surface area contributed by atoms with Gasteiger partial charge in [-0.1, -0.05) is 19.1 Å². The summed E-state index contributed by atoms with van der Waals surface area (Å²) in [5.41, 5.74) is 1.16. The maximum atomic E-state index is 3.96. The third kappa shape index (κ3) is 3.06. The normalized spacial score (nSPS) is 13.1. The third-order valence-electron chi connectivity index (χ3n) is 2.18. The predicted molar refractivity (Wildman–Crippen MR) is 60.1 cm³/mol. The Labute approximate surface area is 93.2 Å². The van der Waals surface area contributed by atoms with Crippen molar-refractivity contribution < 1.29 is 0 Å². The van der Waals surface area contributed by atoms with Gasteiger partial charge in [0.15, 0.2) is 4.60 Å². The highest BCUT2D eigenvalue weighted by atomic mass is 79.9. The molecule has 0 aliphatic heterocycles. The molecule has 4 nitrogen and oxygen atoms in total. The molecule has 1 aromatic heterocycles. The van der Waals surface area contributed by atoms with Crippen LogP contribution in [-0.4, -0.2) is 28.1 Å². The van der Waals surface area contributed by atoms with Crippen molar-refractivity contribution in [1.29, 1.82) is 0 Å². The molecule has 0 saturated carbocycles. The van der Waals surface area contributed by atoms with E-state index < -0.39 is 0 Å². The molecule has 1 aromatic rings. The standard InChI is InChI=1S/C9H17BrN4/c1-4-11-6-7(2)5-8-9(10)12-13-14(8)3/h7,11H,4-6H2,1-3H3. The minimum Gasteiger partial charge on any atom is -0.317 e. The Bertz CT molecular complexity index is 265. The molecule has 1 unspecified atom stereocenters. The van der Waals surface area contributed by atoms with Gasteiger partial charge in [-0.05, 0) is 41.4 Å². The first-order chi connectivity index (χ1) is 6.65. The Kier molecular flexibility index (Phi) is 4.54. The van der Waals surface area contributed by atoms with E-state index >= 15 is 0 Å². The highest BCUT2D eigenvalue weighted by Crippen LogP contribution is 2.15. The van der Waals surface area contributed by atoms with Crippen molar-refractivity contribution in [3.63, 3.8) is 0 Å². The fraction of sp³-hybridized carbons (Fsp3) is 0.778. The Balaban J connectivity index is 2.51. The van der Waals surface area contributed by atoms with Crippen LogP contribution >= 0.6 is 15.9 Å². The first-order valence-electron chi connectivity index (χ1n) is 4.90. The number of nitrogens with zero attached hydrogens (tertiary/aromatic N) is 3. The average molecular weight is 261 g/mol. The first-order valence-corrected chi connectivity index (χ1v) is 5.69. The largest absolute Gasteiger partial charge is 0.317 e. The smallest absolute Gasteiger partial charge is 0.151 e. The minimum absolute atomic E-state index is 0.600.